The third-order valence-electron chi connectivity index (χ3n) is 2.26. The number of nitrogens with zero attached hydrogens (tertiary/aromatic N) is 1. The van der Waals surface area contributed by atoms with Crippen molar-refractivity contribution in [3.63, 3.8) is 0 Å². The standard InChI is InChI=1S/C13H21BrN2S/c1-11(2)10-15-7-3-4-9-17-13-12(14)6-5-8-16-13/h5-6,8,11,15H,3-4,7,9-10H2,1-2H3. The fourth-order valence-electron chi connectivity index (χ4n) is 1.39. The average molecular weight is 317 g/mol. The molecule has 0 atom stereocenters. The minimum atomic E-state index is 0.744. The molecule has 0 unspecified atom stereocenters. The van der Waals surface area contributed by atoms with E-state index in [1.807, 2.05) is 30.1 Å². The van der Waals surface area contributed by atoms with Crippen LogP contribution < -0.4 is 5.32 Å². The van der Waals surface area contributed by atoms with E-state index >= 15 is 0 Å². The van der Waals surface area contributed by atoms with Gasteiger partial charge < -0.3 is 5.32 Å². The maximum absolute atomic E-state index is 4.34. The van der Waals surface area contributed by atoms with Crippen molar-refractivity contribution in [2.24, 2.45) is 5.92 Å². The summed E-state index contributed by atoms with van der Waals surface area (Å²) in [5.74, 6) is 1.88. The first kappa shape index (κ1) is 15.0. The van der Waals surface area contributed by atoms with Gasteiger partial charge in [0.2, 0.25) is 0 Å². The van der Waals surface area contributed by atoms with Crippen LogP contribution in [0.1, 0.15) is 26.7 Å². The Morgan fingerprint density at radius 1 is 1.41 bits per heavy atom. The summed E-state index contributed by atoms with van der Waals surface area (Å²) in [7, 11) is 0. The Morgan fingerprint density at radius 3 is 2.94 bits per heavy atom. The van der Waals surface area contributed by atoms with Crippen molar-refractivity contribution in [1.29, 1.82) is 0 Å². The predicted molar refractivity (Wildman–Crippen MR) is 79.6 cm³/mol. The zero-order valence-electron chi connectivity index (χ0n) is 10.6. The molecule has 1 rings (SSSR count). The molecule has 0 saturated carbocycles. The molecule has 0 saturated heterocycles. The molecular formula is C13H21BrN2S. The first-order valence-corrected chi connectivity index (χ1v) is 7.92. The van der Waals surface area contributed by atoms with Crippen molar-refractivity contribution in [3.05, 3.63) is 22.8 Å². The third-order valence-corrected chi connectivity index (χ3v) is 4.26. The smallest absolute Gasteiger partial charge is 0.110 e. The summed E-state index contributed by atoms with van der Waals surface area (Å²) in [5, 5.41) is 4.56. The van der Waals surface area contributed by atoms with Crippen LogP contribution in [0.15, 0.2) is 27.8 Å². The Morgan fingerprint density at radius 2 is 2.24 bits per heavy atom. The van der Waals surface area contributed by atoms with Gasteiger partial charge in [-0.3, -0.25) is 0 Å². The molecule has 0 radical (unpaired) electrons. The molecule has 1 aromatic heterocycles. The van der Waals surface area contributed by atoms with Crippen molar-refractivity contribution < 1.29 is 0 Å². The van der Waals surface area contributed by atoms with E-state index in [-0.39, 0.29) is 0 Å². The number of hydrogen-bond donors (Lipinski definition) is 1. The van der Waals surface area contributed by atoms with Gasteiger partial charge in [-0.1, -0.05) is 13.8 Å². The molecule has 0 aliphatic heterocycles. The van der Waals surface area contributed by atoms with Gasteiger partial charge in [0.15, 0.2) is 0 Å². The van der Waals surface area contributed by atoms with Crippen molar-refractivity contribution in [3.8, 4) is 0 Å². The van der Waals surface area contributed by atoms with E-state index < -0.39 is 0 Å². The van der Waals surface area contributed by atoms with E-state index in [2.05, 4.69) is 40.1 Å². The topological polar surface area (TPSA) is 24.9 Å². The lowest BCUT2D eigenvalue weighted by molar-refractivity contribution is 0.541. The van der Waals surface area contributed by atoms with E-state index in [4.69, 9.17) is 0 Å². The lowest BCUT2D eigenvalue weighted by atomic mass is 10.2. The third kappa shape index (κ3) is 7.06. The molecule has 96 valence electrons. The average Bonchev–Trinajstić information content (AvgIpc) is 2.30. The molecule has 2 nitrogen and oxygen atoms in total. The lowest BCUT2D eigenvalue weighted by Gasteiger charge is -2.07. The van der Waals surface area contributed by atoms with E-state index in [0.717, 1.165) is 34.3 Å². The Bertz CT molecular complexity index is 318. The predicted octanol–water partition coefficient (Wildman–Crippen LogP) is 3.96. The highest BCUT2D eigenvalue weighted by molar-refractivity contribution is 9.10. The molecule has 1 N–H and O–H groups in total. The van der Waals surface area contributed by atoms with Crippen LogP contribution in [0.4, 0.5) is 0 Å². The summed E-state index contributed by atoms with van der Waals surface area (Å²) in [5.41, 5.74) is 0. The van der Waals surface area contributed by atoms with Crippen LogP contribution in [-0.4, -0.2) is 23.8 Å². The van der Waals surface area contributed by atoms with Crippen LogP contribution >= 0.6 is 27.7 Å². The molecule has 0 amide bonds. The molecule has 0 aromatic carbocycles. The normalized spacial score (nSPS) is 11.1. The SMILES string of the molecule is CC(C)CNCCCCSc1ncccc1Br. The second kappa shape index (κ2) is 8.95. The zero-order valence-corrected chi connectivity index (χ0v) is 13.0. The van der Waals surface area contributed by atoms with Crippen molar-refractivity contribution in [2.45, 2.75) is 31.7 Å². The van der Waals surface area contributed by atoms with Gasteiger partial charge in [0.1, 0.15) is 5.03 Å². The van der Waals surface area contributed by atoms with E-state index in [9.17, 15) is 0 Å². The van der Waals surface area contributed by atoms with Gasteiger partial charge in [-0.05, 0) is 65.7 Å². The molecule has 0 aliphatic rings. The number of rotatable bonds is 8. The summed E-state index contributed by atoms with van der Waals surface area (Å²) in [6.45, 7) is 6.73. The van der Waals surface area contributed by atoms with Crippen molar-refractivity contribution >= 4 is 27.7 Å². The number of unbranched alkanes of at least 4 members (excludes halogenated alkanes) is 1. The number of halogens is 1. The number of pyridine rings is 1. The highest BCUT2D eigenvalue weighted by Crippen LogP contribution is 2.25. The van der Waals surface area contributed by atoms with E-state index in [0.29, 0.717) is 0 Å². The summed E-state index contributed by atoms with van der Waals surface area (Å²) in [6.07, 6.45) is 4.32. The van der Waals surface area contributed by atoms with Crippen LogP contribution in [0.25, 0.3) is 0 Å². The van der Waals surface area contributed by atoms with Gasteiger partial charge in [0.05, 0.1) is 0 Å². The molecule has 0 fully saturated rings. The Kier molecular flexibility index (Phi) is 7.90. The van der Waals surface area contributed by atoms with Gasteiger partial charge in [0.25, 0.3) is 0 Å². The first-order chi connectivity index (χ1) is 8.20. The fraction of sp³-hybridized carbons (Fsp3) is 0.615. The van der Waals surface area contributed by atoms with Gasteiger partial charge >= 0.3 is 0 Å². The minimum absolute atomic E-state index is 0.744. The van der Waals surface area contributed by atoms with E-state index in [1.165, 1.54) is 12.8 Å². The second-order valence-corrected chi connectivity index (χ2v) is 6.38. The Labute approximate surface area is 117 Å². The largest absolute Gasteiger partial charge is 0.316 e. The van der Waals surface area contributed by atoms with Gasteiger partial charge in [0, 0.05) is 10.7 Å². The molecule has 0 aliphatic carbocycles. The molecule has 1 aromatic rings. The first-order valence-electron chi connectivity index (χ1n) is 6.14. The number of hydrogen-bond acceptors (Lipinski definition) is 3. The lowest BCUT2D eigenvalue weighted by Crippen LogP contribution is -2.20. The fourth-order valence-corrected chi connectivity index (χ4v) is 2.87. The maximum Gasteiger partial charge on any atom is 0.110 e. The second-order valence-electron chi connectivity index (χ2n) is 4.44. The van der Waals surface area contributed by atoms with Crippen LogP contribution in [0.3, 0.4) is 0 Å². The van der Waals surface area contributed by atoms with Crippen molar-refractivity contribution in [1.82, 2.24) is 10.3 Å². The Hall–Kier alpha value is -0.0600. The maximum atomic E-state index is 4.34. The molecular weight excluding hydrogens is 296 g/mol. The van der Waals surface area contributed by atoms with Crippen LogP contribution in [-0.2, 0) is 0 Å². The van der Waals surface area contributed by atoms with Gasteiger partial charge in [-0.15, -0.1) is 11.8 Å². The number of nitrogens with one attached hydrogen (secondary N) is 1. The molecule has 0 bridgehead atoms. The molecule has 4 heteroatoms. The van der Waals surface area contributed by atoms with Crippen LogP contribution in [0, 0.1) is 5.92 Å². The van der Waals surface area contributed by atoms with Gasteiger partial charge in [-0.25, -0.2) is 4.98 Å². The zero-order chi connectivity index (χ0) is 12.5. The minimum Gasteiger partial charge on any atom is -0.316 e. The highest BCUT2D eigenvalue weighted by atomic mass is 79.9. The monoisotopic (exact) mass is 316 g/mol. The highest BCUT2D eigenvalue weighted by Gasteiger charge is 2.00. The summed E-state index contributed by atoms with van der Waals surface area (Å²) in [4.78, 5) is 4.34. The van der Waals surface area contributed by atoms with Gasteiger partial charge in [-0.2, -0.15) is 0 Å². The summed E-state index contributed by atoms with van der Waals surface area (Å²) < 4.78 is 1.10. The summed E-state index contributed by atoms with van der Waals surface area (Å²) in [6, 6.07) is 3.99. The van der Waals surface area contributed by atoms with E-state index in [1.54, 1.807) is 0 Å². The number of aromatic nitrogens is 1. The van der Waals surface area contributed by atoms with Crippen LogP contribution in [0.5, 0.6) is 0 Å². The molecule has 17 heavy (non-hydrogen) atoms. The molecule has 1 heterocycles. The van der Waals surface area contributed by atoms with Crippen molar-refractivity contribution in [2.75, 3.05) is 18.8 Å². The van der Waals surface area contributed by atoms with Crippen LogP contribution in [0.2, 0.25) is 0 Å². The summed E-state index contributed by atoms with van der Waals surface area (Å²) >= 11 is 5.34. The number of thioether (sulfide) groups is 1. The molecule has 0 spiro atoms. The quantitative estimate of drug-likeness (QED) is 0.580. The Balaban J connectivity index is 2.03.